The Morgan fingerprint density at radius 3 is 1.54 bits per heavy atom. The zero-order valence-electron chi connectivity index (χ0n) is 15.0. The average molecular weight is 383 g/mol. The maximum Gasteiger partial charge on any atom is 0.127 e. The molecule has 0 unspecified atom stereocenters. The third-order valence-corrected chi connectivity index (χ3v) is 5.36. The second kappa shape index (κ2) is 9.41. The molecule has 0 radical (unpaired) electrons. The molecule has 2 aromatic heterocycles. The van der Waals surface area contributed by atoms with Crippen LogP contribution >= 0.6 is 22.7 Å². The first-order chi connectivity index (χ1) is 12.8. The lowest BCUT2D eigenvalue weighted by molar-refractivity contribution is 0.329. The van der Waals surface area contributed by atoms with E-state index in [2.05, 4.69) is 71.5 Å². The van der Waals surface area contributed by atoms with Crippen molar-refractivity contribution in [2.24, 2.45) is 0 Å². The van der Waals surface area contributed by atoms with Gasteiger partial charge < -0.3 is 9.47 Å². The zero-order valence-corrected chi connectivity index (χ0v) is 16.6. The maximum atomic E-state index is 5.88. The van der Waals surface area contributed by atoms with E-state index in [1.807, 2.05) is 13.8 Å². The molecule has 2 nitrogen and oxygen atoms in total. The van der Waals surface area contributed by atoms with E-state index in [-0.39, 0.29) is 0 Å². The van der Waals surface area contributed by atoms with Gasteiger partial charge in [0.15, 0.2) is 0 Å². The highest BCUT2D eigenvalue weighted by atomic mass is 32.1. The number of hydrogen-bond donors (Lipinski definition) is 0. The fourth-order valence-electron chi connectivity index (χ4n) is 2.53. The molecule has 1 aromatic carbocycles. The van der Waals surface area contributed by atoms with Crippen molar-refractivity contribution in [1.82, 2.24) is 0 Å². The molecular weight excluding hydrogens is 360 g/mol. The van der Waals surface area contributed by atoms with Crippen molar-refractivity contribution in [1.29, 1.82) is 0 Å². The second-order valence-electron chi connectivity index (χ2n) is 5.49. The molecule has 4 heteroatoms. The number of benzene rings is 1. The molecule has 0 saturated carbocycles. The van der Waals surface area contributed by atoms with Crippen molar-refractivity contribution < 1.29 is 9.47 Å². The number of rotatable bonds is 8. The van der Waals surface area contributed by atoms with Gasteiger partial charge in [-0.1, -0.05) is 12.1 Å². The van der Waals surface area contributed by atoms with Gasteiger partial charge in [0.25, 0.3) is 0 Å². The van der Waals surface area contributed by atoms with Crippen LogP contribution in [0.3, 0.4) is 0 Å². The smallest absolute Gasteiger partial charge is 0.127 e. The Morgan fingerprint density at radius 1 is 0.731 bits per heavy atom. The molecule has 0 aliphatic carbocycles. The second-order valence-corrected chi connectivity index (χ2v) is 7.45. The van der Waals surface area contributed by atoms with E-state index in [1.54, 1.807) is 22.7 Å². The Labute approximate surface area is 163 Å². The van der Waals surface area contributed by atoms with Gasteiger partial charge in [0.2, 0.25) is 0 Å². The minimum Gasteiger partial charge on any atom is -0.493 e. The first-order valence-corrected chi connectivity index (χ1v) is 10.4. The lowest BCUT2D eigenvalue weighted by Gasteiger charge is -2.13. The molecule has 0 atom stereocenters. The van der Waals surface area contributed by atoms with Gasteiger partial charge in [-0.15, -0.1) is 22.7 Å². The van der Waals surface area contributed by atoms with Gasteiger partial charge in [0.05, 0.1) is 13.2 Å². The highest BCUT2D eigenvalue weighted by Gasteiger charge is 2.09. The summed E-state index contributed by atoms with van der Waals surface area (Å²) in [6.07, 6.45) is 8.40. The Balaban J connectivity index is 1.97. The topological polar surface area (TPSA) is 18.5 Å². The van der Waals surface area contributed by atoms with Crippen molar-refractivity contribution in [2.75, 3.05) is 13.2 Å². The van der Waals surface area contributed by atoms with E-state index in [0.717, 1.165) is 22.6 Å². The van der Waals surface area contributed by atoms with Crippen molar-refractivity contribution in [3.8, 4) is 11.5 Å². The lowest BCUT2D eigenvalue weighted by atomic mass is 10.1. The SMILES string of the molecule is CCOc1cc(/C=C\c2cccs2)c(OCC)cc1/C=C\c1cccs1. The predicted octanol–water partition coefficient (Wildman–Crippen LogP) is 6.95. The molecule has 0 spiro atoms. The fraction of sp³-hybridized carbons (Fsp3) is 0.182. The van der Waals surface area contributed by atoms with Crippen LogP contribution in [0.25, 0.3) is 24.3 Å². The molecule has 0 saturated heterocycles. The van der Waals surface area contributed by atoms with Crippen LogP contribution in [0.15, 0.2) is 47.2 Å². The molecule has 0 N–H and O–H groups in total. The molecule has 134 valence electrons. The van der Waals surface area contributed by atoms with E-state index in [0.29, 0.717) is 13.2 Å². The van der Waals surface area contributed by atoms with Crippen LogP contribution in [-0.4, -0.2) is 13.2 Å². The summed E-state index contributed by atoms with van der Waals surface area (Å²) in [4.78, 5) is 2.43. The summed E-state index contributed by atoms with van der Waals surface area (Å²) in [6.45, 7) is 5.26. The minimum absolute atomic E-state index is 0.627. The Kier molecular flexibility index (Phi) is 6.69. The first-order valence-electron chi connectivity index (χ1n) is 8.67. The zero-order chi connectivity index (χ0) is 18.2. The normalized spacial score (nSPS) is 11.5. The largest absolute Gasteiger partial charge is 0.493 e. The van der Waals surface area contributed by atoms with E-state index in [4.69, 9.17) is 9.47 Å². The number of hydrogen-bond acceptors (Lipinski definition) is 4. The van der Waals surface area contributed by atoms with Crippen LogP contribution in [0, 0.1) is 0 Å². The van der Waals surface area contributed by atoms with Crippen molar-refractivity contribution in [3.05, 3.63) is 68.0 Å². The van der Waals surface area contributed by atoms with Gasteiger partial charge in [-0.25, -0.2) is 0 Å². The summed E-state index contributed by atoms with van der Waals surface area (Å²) in [7, 11) is 0. The molecule has 2 heterocycles. The van der Waals surface area contributed by atoms with Gasteiger partial charge in [0.1, 0.15) is 11.5 Å². The quantitative estimate of drug-likeness (QED) is 0.420. The average Bonchev–Trinajstić information content (AvgIpc) is 3.34. The van der Waals surface area contributed by atoms with Crippen LogP contribution in [0.4, 0.5) is 0 Å². The summed E-state index contributed by atoms with van der Waals surface area (Å²) >= 11 is 3.43. The van der Waals surface area contributed by atoms with Crippen LogP contribution in [0.5, 0.6) is 11.5 Å². The van der Waals surface area contributed by atoms with E-state index >= 15 is 0 Å². The summed E-state index contributed by atoms with van der Waals surface area (Å²) in [6, 6.07) is 12.4. The number of ether oxygens (including phenoxy) is 2. The standard InChI is InChI=1S/C22H22O2S2/c1-3-23-21-15-18(10-12-20-8-6-14-26-20)22(24-4-2)16-17(21)9-11-19-7-5-13-25-19/h5-16H,3-4H2,1-2H3/b11-9-,12-10-. The molecule has 0 aliphatic rings. The van der Waals surface area contributed by atoms with Crippen LogP contribution in [0.2, 0.25) is 0 Å². The molecule has 0 aliphatic heterocycles. The molecule has 0 fully saturated rings. The molecule has 0 bridgehead atoms. The maximum absolute atomic E-state index is 5.88. The third kappa shape index (κ3) is 4.87. The van der Waals surface area contributed by atoms with Gasteiger partial charge in [-0.2, -0.15) is 0 Å². The fourth-order valence-corrected chi connectivity index (χ4v) is 3.76. The van der Waals surface area contributed by atoms with Gasteiger partial charge in [-0.3, -0.25) is 0 Å². The van der Waals surface area contributed by atoms with Gasteiger partial charge in [0, 0.05) is 20.9 Å². The third-order valence-electron chi connectivity index (χ3n) is 3.68. The molecule has 3 rings (SSSR count). The van der Waals surface area contributed by atoms with Crippen molar-refractivity contribution >= 4 is 47.0 Å². The Morgan fingerprint density at radius 2 is 1.19 bits per heavy atom. The highest BCUT2D eigenvalue weighted by Crippen LogP contribution is 2.32. The van der Waals surface area contributed by atoms with Crippen LogP contribution in [0.1, 0.15) is 34.7 Å². The number of thiophene rings is 2. The minimum atomic E-state index is 0.627. The van der Waals surface area contributed by atoms with E-state index in [1.165, 1.54) is 9.75 Å². The summed E-state index contributed by atoms with van der Waals surface area (Å²) < 4.78 is 11.8. The Hall–Kier alpha value is -2.30. The molecule has 0 amide bonds. The highest BCUT2D eigenvalue weighted by molar-refractivity contribution is 7.11. The van der Waals surface area contributed by atoms with Crippen LogP contribution < -0.4 is 9.47 Å². The lowest BCUT2D eigenvalue weighted by Crippen LogP contribution is -1.99. The van der Waals surface area contributed by atoms with E-state index in [9.17, 15) is 0 Å². The summed E-state index contributed by atoms with van der Waals surface area (Å²) in [5, 5.41) is 4.15. The Bertz CT molecular complexity index is 786. The molecular formula is C22H22O2S2. The van der Waals surface area contributed by atoms with E-state index < -0.39 is 0 Å². The van der Waals surface area contributed by atoms with Crippen LogP contribution in [-0.2, 0) is 0 Å². The predicted molar refractivity (Wildman–Crippen MR) is 115 cm³/mol. The van der Waals surface area contributed by atoms with Crippen molar-refractivity contribution in [2.45, 2.75) is 13.8 Å². The summed E-state index contributed by atoms with van der Waals surface area (Å²) in [5.74, 6) is 1.74. The van der Waals surface area contributed by atoms with Crippen molar-refractivity contribution in [3.63, 3.8) is 0 Å². The monoisotopic (exact) mass is 382 g/mol. The molecule has 3 aromatic rings. The van der Waals surface area contributed by atoms with Gasteiger partial charge >= 0.3 is 0 Å². The molecule has 26 heavy (non-hydrogen) atoms. The first kappa shape index (κ1) is 18.5. The summed E-state index contributed by atoms with van der Waals surface area (Å²) in [5.41, 5.74) is 2.05. The van der Waals surface area contributed by atoms with Gasteiger partial charge in [-0.05, 0) is 73.2 Å².